The molecule has 2 aliphatic rings. The minimum absolute atomic E-state index is 0.0882. The number of ether oxygens (including phenoxy) is 1. The third kappa shape index (κ3) is 3.13. The van der Waals surface area contributed by atoms with Gasteiger partial charge in [0.05, 0.1) is 16.6 Å². The van der Waals surface area contributed by atoms with Gasteiger partial charge in [-0.05, 0) is 32.0 Å². The molecule has 0 saturated carbocycles. The fourth-order valence-corrected chi connectivity index (χ4v) is 5.14. The number of carbonyl (C=O) groups is 1. The number of nitrogens with zero attached hydrogens (tertiary/aromatic N) is 4. The van der Waals surface area contributed by atoms with Crippen molar-refractivity contribution in [2.24, 2.45) is 0 Å². The highest BCUT2D eigenvalue weighted by Crippen LogP contribution is 2.46. The van der Waals surface area contributed by atoms with Crippen LogP contribution >= 0.6 is 11.8 Å². The molecular formula is C18H22N4O2S. The number of amides is 1. The van der Waals surface area contributed by atoms with Gasteiger partial charge in [0.25, 0.3) is 5.91 Å². The molecule has 4 heterocycles. The molecule has 0 aliphatic carbocycles. The van der Waals surface area contributed by atoms with Crippen LogP contribution in [0.3, 0.4) is 0 Å². The van der Waals surface area contributed by atoms with Crippen LogP contribution in [0.5, 0.6) is 5.75 Å². The first-order chi connectivity index (χ1) is 12.1. The zero-order valence-electron chi connectivity index (χ0n) is 14.5. The van der Waals surface area contributed by atoms with Gasteiger partial charge in [-0.1, -0.05) is 0 Å². The molecule has 1 spiro atoms. The standard InChI is InChI=1S/C18H22N4O2S/c1-3-22-16(7-13(2)20-22)17(23)21-11-18(12-21)8-15(10-25-18)24-14-5-4-6-19-9-14/h4-7,9,15H,3,8,10-12H2,1-2H3. The lowest BCUT2D eigenvalue weighted by molar-refractivity contribution is 0.0505. The summed E-state index contributed by atoms with van der Waals surface area (Å²) in [5.74, 6) is 1.87. The smallest absolute Gasteiger partial charge is 0.272 e. The van der Waals surface area contributed by atoms with E-state index < -0.39 is 0 Å². The Morgan fingerprint density at radius 3 is 3.04 bits per heavy atom. The summed E-state index contributed by atoms with van der Waals surface area (Å²) < 4.78 is 7.96. The second-order valence-electron chi connectivity index (χ2n) is 6.77. The monoisotopic (exact) mass is 358 g/mol. The van der Waals surface area contributed by atoms with E-state index in [1.807, 2.05) is 48.7 Å². The van der Waals surface area contributed by atoms with E-state index in [4.69, 9.17) is 4.74 Å². The molecule has 2 aliphatic heterocycles. The Hall–Kier alpha value is -2.02. The van der Waals surface area contributed by atoms with E-state index in [-0.39, 0.29) is 16.8 Å². The van der Waals surface area contributed by atoms with Gasteiger partial charge in [-0.2, -0.15) is 5.10 Å². The fraction of sp³-hybridized carbons (Fsp3) is 0.500. The quantitative estimate of drug-likeness (QED) is 0.840. The maximum atomic E-state index is 12.7. The second kappa shape index (κ2) is 6.37. The lowest BCUT2D eigenvalue weighted by Crippen LogP contribution is -2.61. The van der Waals surface area contributed by atoms with E-state index in [1.54, 1.807) is 17.1 Å². The van der Waals surface area contributed by atoms with E-state index >= 15 is 0 Å². The summed E-state index contributed by atoms with van der Waals surface area (Å²) in [5.41, 5.74) is 1.58. The van der Waals surface area contributed by atoms with Gasteiger partial charge in [-0.25, -0.2) is 0 Å². The Morgan fingerprint density at radius 1 is 1.48 bits per heavy atom. The number of thioether (sulfide) groups is 1. The highest BCUT2D eigenvalue weighted by Gasteiger charge is 2.51. The van der Waals surface area contributed by atoms with Gasteiger partial charge < -0.3 is 9.64 Å². The van der Waals surface area contributed by atoms with Crippen LogP contribution in [0.2, 0.25) is 0 Å². The third-order valence-electron chi connectivity index (χ3n) is 4.78. The molecule has 0 aromatic carbocycles. The van der Waals surface area contributed by atoms with Gasteiger partial charge in [-0.3, -0.25) is 14.5 Å². The van der Waals surface area contributed by atoms with Crippen LogP contribution in [-0.2, 0) is 6.54 Å². The molecule has 2 aromatic heterocycles. The topological polar surface area (TPSA) is 60.2 Å². The van der Waals surface area contributed by atoms with Crippen LogP contribution in [0.4, 0.5) is 0 Å². The van der Waals surface area contributed by atoms with Gasteiger partial charge in [0.2, 0.25) is 0 Å². The summed E-state index contributed by atoms with van der Waals surface area (Å²) in [6, 6.07) is 5.70. The number of rotatable bonds is 4. The van der Waals surface area contributed by atoms with Gasteiger partial charge in [-0.15, -0.1) is 11.8 Å². The number of hydrogen-bond acceptors (Lipinski definition) is 5. The average molecular weight is 358 g/mol. The van der Waals surface area contributed by atoms with Crippen LogP contribution in [0, 0.1) is 6.92 Å². The highest BCUT2D eigenvalue weighted by atomic mass is 32.2. The highest BCUT2D eigenvalue weighted by molar-refractivity contribution is 8.01. The normalized spacial score (nSPS) is 21.4. The number of likely N-dealkylation sites (tertiary alicyclic amines) is 1. The van der Waals surface area contributed by atoms with E-state index in [1.165, 1.54) is 0 Å². The van der Waals surface area contributed by atoms with Crippen molar-refractivity contribution in [2.45, 2.75) is 37.7 Å². The van der Waals surface area contributed by atoms with Crippen LogP contribution < -0.4 is 4.74 Å². The molecule has 0 bridgehead atoms. The third-order valence-corrected chi connectivity index (χ3v) is 6.35. The first-order valence-electron chi connectivity index (χ1n) is 8.63. The fourth-order valence-electron chi connectivity index (χ4n) is 3.62. The summed E-state index contributed by atoms with van der Waals surface area (Å²) in [6.45, 7) is 6.22. The van der Waals surface area contributed by atoms with Crippen molar-refractivity contribution in [3.05, 3.63) is 42.0 Å². The van der Waals surface area contributed by atoms with Crippen molar-refractivity contribution in [3.63, 3.8) is 0 Å². The molecule has 1 unspecified atom stereocenters. The largest absolute Gasteiger partial charge is 0.488 e. The van der Waals surface area contributed by atoms with E-state index in [0.29, 0.717) is 12.2 Å². The summed E-state index contributed by atoms with van der Waals surface area (Å²) in [5, 5.41) is 4.38. The number of aromatic nitrogens is 3. The molecular weight excluding hydrogens is 336 g/mol. The molecule has 2 fully saturated rings. The Balaban J connectivity index is 1.36. The molecule has 1 amide bonds. The van der Waals surface area contributed by atoms with Gasteiger partial charge in [0.1, 0.15) is 17.5 Å². The lowest BCUT2D eigenvalue weighted by atomic mass is 9.92. The maximum absolute atomic E-state index is 12.7. The summed E-state index contributed by atoms with van der Waals surface area (Å²) in [7, 11) is 0. The van der Waals surface area contributed by atoms with E-state index in [0.717, 1.165) is 36.7 Å². The first kappa shape index (κ1) is 16.4. The minimum Gasteiger partial charge on any atom is -0.488 e. The number of pyridine rings is 1. The Morgan fingerprint density at radius 2 is 2.32 bits per heavy atom. The van der Waals surface area contributed by atoms with Crippen molar-refractivity contribution in [2.75, 3.05) is 18.8 Å². The number of carbonyl (C=O) groups excluding carboxylic acids is 1. The van der Waals surface area contributed by atoms with Crippen molar-refractivity contribution >= 4 is 17.7 Å². The van der Waals surface area contributed by atoms with Crippen LogP contribution in [0.25, 0.3) is 0 Å². The van der Waals surface area contributed by atoms with Crippen LogP contribution in [0.1, 0.15) is 29.5 Å². The van der Waals surface area contributed by atoms with Crippen molar-refractivity contribution in [1.82, 2.24) is 19.7 Å². The maximum Gasteiger partial charge on any atom is 0.272 e. The molecule has 25 heavy (non-hydrogen) atoms. The summed E-state index contributed by atoms with van der Waals surface area (Å²) in [6.07, 6.45) is 4.66. The Labute approximate surface area is 151 Å². The average Bonchev–Trinajstić information content (AvgIpc) is 3.17. The molecule has 7 heteroatoms. The Bertz CT molecular complexity index is 771. The van der Waals surface area contributed by atoms with E-state index in [9.17, 15) is 4.79 Å². The van der Waals surface area contributed by atoms with Crippen LogP contribution in [-0.4, -0.2) is 55.3 Å². The summed E-state index contributed by atoms with van der Waals surface area (Å²) >= 11 is 1.93. The summed E-state index contributed by atoms with van der Waals surface area (Å²) in [4.78, 5) is 18.8. The molecule has 0 radical (unpaired) electrons. The van der Waals surface area contributed by atoms with Gasteiger partial charge in [0, 0.05) is 38.0 Å². The zero-order valence-corrected chi connectivity index (χ0v) is 15.3. The van der Waals surface area contributed by atoms with Crippen molar-refractivity contribution < 1.29 is 9.53 Å². The molecule has 6 nitrogen and oxygen atoms in total. The van der Waals surface area contributed by atoms with Gasteiger partial charge in [0.15, 0.2) is 0 Å². The minimum atomic E-state index is 0.0882. The SMILES string of the molecule is CCn1nc(C)cc1C(=O)N1CC2(CC(Oc3cccnc3)CS2)C1. The van der Waals surface area contributed by atoms with Crippen LogP contribution in [0.15, 0.2) is 30.6 Å². The molecule has 0 N–H and O–H groups in total. The first-order valence-corrected chi connectivity index (χ1v) is 9.61. The zero-order chi connectivity index (χ0) is 17.4. The number of aryl methyl sites for hydroxylation is 2. The predicted octanol–water partition coefficient (Wildman–Crippen LogP) is 2.39. The predicted molar refractivity (Wildman–Crippen MR) is 97.0 cm³/mol. The Kier molecular flexibility index (Phi) is 4.19. The molecule has 2 aromatic rings. The lowest BCUT2D eigenvalue weighted by Gasteiger charge is -2.47. The molecule has 1 atom stereocenters. The number of hydrogen-bond donors (Lipinski definition) is 0. The molecule has 132 valence electrons. The van der Waals surface area contributed by atoms with Crippen molar-refractivity contribution in [3.8, 4) is 5.75 Å². The van der Waals surface area contributed by atoms with Crippen molar-refractivity contribution in [1.29, 1.82) is 0 Å². The molecule has 2 saturated heterocycles. The second-order valence-corrected chi connectivity index (χ2v) is 8.26. The molecule has 4 rings (SSSR count). The van der Waals surface area contributed by atoms with Gasteiger partial charge >= 0.3 is 0 Å². The van der Waals surface area contributed by atoms with E-state index in [2.05, 4.69) is 10.1 Å².